The third-order valence-corrected chi connectivity index (χ3v) is 4.88. The van der Waals surface area contributed by atoms with Crippen LogP contribution in [0.5, 0.6) is 0 Å². The molecule has 30 heavy (non-hydrogen) atoms. The average molecular weight is 423 g/mol. The van der Waals surface area contributed by atoms with Gasteiger partial charge in [-0.25, -0.2) is 4.98 Å². The number of halogens is 1. The summed E-state index contributed by atoms with van der Waals surface area (Å²) in [4.78, 5) is 8.41. The van der Waals surface area contributed by atoms with Crippen LogP contribution in [-0.2, 0) is 30.9 Å². The van der Waals surface area contributed by atoms with E-state index in [1.807, 2.05) is 36.4 Å². The minimum absolute atomic E-state index is 0.510. The highest BCUT2D eigenvalue weighted by molar-refractivity contribution is 6.29. The van der Waals surface area contributed by atoms with E-state index in [4.69, 9.17) is 16.3 Å². The van der Waals surface area contributed by atoms with Crippen molar-refractivity contribution in [3.8, 4) is 0 Å². The molecule has 0 aliphatic rings. The van der Waals surface area contributed by atoms with Crippen LogP contribution in [0, 0.1) is 0 Å². The zero-order valence-electron chi connectivity index (χ0n) is 17.1. The number of benzene rings is 2. The third-order valence-electron chi connectivity index (χ3n) is 4.65. The van der Waals surface area contributed by atoms with Gasteiger partial charge in [-0.05, 0) is 34.7 Å². The molecule has 0 bridgehead atoms. The Morgan fingerprint density at radius 2 is 1.67 bits per heavy atom. The van der Waals surface area contributed by atoms with E-state index in [1.54, 1.807) is 19.3 Å². The van der Waals surface area contributed by atoms with Gasteiger partial charge >= 0.3 is 0 Å². The number of aliphatic imine (C=N–C) groups is 1. The van der Waals surface area contributed by atoms with Crippen LogP contribution in [0.25, 0.3) is 0 Å². The molecule has 6 heteroatoms. The number of hydrogen-bond acceptors (Lipinski definition) is 3. The van der Waals surface area contributed by atoms with E-state index in [-0.39, 0.29) is 0 Å². The van der Waals surface area contributed by atoms with E-state index in [2.05, 4.69) is 44.9 Å². The Labute approximate surface area is 183 Å². The highest BCUT2D eigenvalue weighted by Crippen LogP contribution is 2.12. The minimum Gasteiger partial charge on any atom is -0.372 e. The summed E-state index contributed by atoms with van der Waals surface area (Å²) in [7, 11) is 1.77. The maximum Gasteiger partial charge on any atom is 0.191 e. The molecular weight excluding hydrogens is 396 g/mol. The molecule has 0 saturated heterocycles. The average Bonchev–Trinajstić information content (AvgIpc) is 2.79. The molecule has 0 saturated carbocycles. The number of nitrogens with zero attached hydrogens (tertiary/aromatic N) is 2. The van der Waals surface area contributed by atoms with Crippen molar-refractivity contribution >= 4 is 17.6 Å². The highest BCUT2D eigenvalue weighted by Gasteiger charge is 2.05. The molecular formula is C24H27ClN4O. The van der Waals surface area contributed by atoms with Crippen molar-refractivity contribution < 1.29 is 4.74 Å². The van der Waals surface area contributed by atoms with E-state index in [0.29, 0.717) is 24.9 Å². The molecule has 0 aliphatic carbocycles. The summed E-state index contributed by atoms with van der Waals surface area (Å²) in [6, 6.07) is 22.3. The number of ether oxygens (including phenoxy) is 1. The number of guanidine groups is 1. The molecule has 2 N–H and O–H groups in total. The zero-order chi connectivity index (χ0) is 21.0. The summed E-state index contributed by atoms with van der Waals surface area (Å²) in [5, 5.41) is 7.22. The van der Waals surface area contributed by atoms with Gasteiger partial charge in [-0.2, -0.15) is 0 Å². The van der Waals surface area contributed by atoms with Gasteiger partial charge in [-0.15, -0.1) is 0 Å². The molecule has 3 rings (SSSR count). The SMILES string of the molecule is CN=C(NCCc1ccc(Cl)nc1)NCc1ccccc1COCc1ccccc1. The van der Waals surface area contributed by atoms with Crippen LogP contribution >= 0.6 is 11.6 Å². The molecule has 0 aliphatic heterocycles. The molecule has 0 amide bonds. The Morgan fingerprint density at radius 3 is 2.40 bits per heavy atom. The Hall–Kier alpha value is -2.89. The molecule has 1 aromatic heterocycles. The summed E-state index contributed by atoms with van der Waals surface area (Å²) >= 11 is 5.83. The fraction of sp³-hybridized carbons (Fsp3) is 0.250. The Kier molecular flexibility index (Phi) is 8.69. The Morgan fingerprint density at radius 1 is 0.900 bits per heavy atom. The fourth-order valence-electron chi connectivity index (χ4n) is 3.00. The number of rotatable bonds is 9. The van der Waals surface area contributed by atoms with Gasteiger partial charge in [0.2, 0.25) is 0 Å². The predicted octanol–water partition coefficient (Wildman–Crippen LogP) is 4.36. The first kappa shape index (κ1) is 21.8. The second kappa shape index (κ2) is 12.0. The molecule has 5 nitrogen and oxygen atoms in total. The predicted molar refractivity (Wildman–Crippen MR) is 123 cm³/mol. The van der Waals surface area contributed by atoms with Gasteiger partial charge in [0.15, 0.2) is 5.96 Å². The van der Waals surface area contributed by atoms with Crippen LogP contribution in [0.3, 0.4) is 0 Å². The lowest BCUT2D eigenvalue weighted by Gasteiger charge is -2.14. The lowest BCUT2D eigenvalue weighted by atomic mass is 10.1. The molecule has 0 unspecified atom stereocenters. The monoisotopic (exact) mass is 422 g/mol. The normalized spacial score (nSPS) is 11.3. The molecule has 1 heterocycles. The van der Waals surface area contributed by atoms with Gasteiger partial charge in [0.25, 0.3) is 0 Å². The largest absolute Gasteiger partial charge is 0.372 e. The smallest absolute Gasteiger partial charge is 0.191 e. The van der Waals surface area contributed by atoms with Crippen LogP contribution in [0.15, 0.2) is 77.9 Å². The standard InChI is InChI=1S/C24H27ClN4O/c1-26-24(27-14-13-19-11-12-23(25)28-15-19)29-16-21-9-5-6-10-22(21)18-30-17-20-7-3-2-4-8-20/h2-12,15H,13-14,16-18H2,1H3,(H2,26,27,29). The minimum atomic E-state index is 0.510. The number of nitrogens with one attached hydrogen (secondary N) is 2. The summed E-state index contributed by atoms with van der Waals surface area (Å²) in [6.45, 7) is 2.60. The van der Waals surface area contributed by atoms with E-state index in [9.17, 15) is 0 Å². The Bertz CT molecular complexity index is 929. The van der Waals surface area contributed by atoms with Gasteiger partial charge in [0, 0.05) is 26.3 Å². The van der Waals surface area contributed by atoms with Crippen molar-refractivity contribution in [2.24, 2.45) is 4.99 Å². The lowest BCUT2D eigenvalue weighted by molar-refractivity contribution is 0.106. The summed E-state index contributed by atoms with van der Waals surface area (Å²) in [5.74, 6) is 0.761. The third kappa shape index (κ3) is 7.17. The molecule has 0 spiro atoms. The number of hydrogen-bond donors (Lipinski definition) is 2. The van der Waals surface area contributed by atoms with Gasteiger partial charge < -0.3 is 15.4 Å². The second-order valence-corrected chi connectivity index (χ2v) is 7.23. The van der Waals surface area contributed by atoms with Crippen molar-refractivity contribution in [1.29, 1.82) is 0 Å². The lowest BCUT2D eigenvalue weighted by Crippen LogP contribution is -2.38. The van der Waals surface area contributed by atoms with Crippen LogP contribution < -0.4 is 10.6 Å². The first-order valence-electron chi connectivity index (χ1n) is 9.98. The summed E-state index contributed by atoms with van der Waals surface area (Å²) in [6.07, 6.45) is 2.64. The van der Waals surface area contributed by atoms with Gasteiger partial charge in [-0.3, -0.25) is 4.99 Å². The molecule has 0 fully saturated rings. The molecule has 0 radical (unpaired) electrons. The van der Waals surface area contributed by atoms with Crippen molar-refractivity contribution in [1.82, 2.24) is 15.6 Å². The molecule has 156 valence electrons. The summed E-state index contributed by atoms with van der Waals surface area (Å²) in [5.41, 5.74) is 4.66. The van der Waals surface area contributed by atoms with E-state index >= 15 is 0 Å². The maximum absolute atomic E-state index is 5.91. The van der Waals surface area contributed by atoms with Crippen LogP contribution in [0.4, 0.5) is 0 Å². The highest BCUT2D eigenvalue weighted by atomic mass is 35.5. The van der Waals surface area contributed by atoms with Crippen molar-refractivity contribution in [3.05, 3.63) is 100 Å². The Balaban J connectivity index is 1.46. The van der Waals surface area contributed by atoms with Gasteiger partial charge in [-0.1, -0.05) is 72.3 Å². The van der Waals surface area contributed by atoms with E-state index in [0.717, 1.165) is 24.5 Å². The van der Waals surface area contributed by atoms with Crippen molar-refractivity contribution in [2.75, 3.05) is 13.6 Å². The van der Waals surface area contributed by atoms with Crippen molar-refractivity contribution in [3.63, 3.8) is 0 Å². The van der Waals surface area contributed by atoms with E-state index < -0.39 is 0 Å². The molecule has 3 aromatic rings. The summed E-state index contributed by atoms with van der Waals surface area (Å²) < 4.78 is 5.91. The first-order chi connectivity index (χ1) is 14.7. The first-order valence-corrected chi connectivity index (χ1v) is 10.4. The molecule has 0 atom stereocenters. The molecule has 2 aromatic carbocycles. The van der Waals surface area contributed by atoms with Crippen LogP contribution in [0.2, 0.25) is 5.15 Å². The van der Waals surface area contributed by atoms with Gasteiger partial charge in [0.05, 0.1) is 13.2 Å². The maximum atomic E-state index is 5.91. The number of pyridine rings is 1. The quantitative estimate of drug-likeness (QED) is 0.305. The van der Waals surface area contributed by atoms with Crippen LogP contribution in [0.1, 0.15) is 22.3 Å². The fourth-order valence-corrected chi connectivity index (χ4v) is 3.11. The zero-order valence-corrected chi connectivity index (χ0v) is 17.9. The van der Waals surface area contributed by atoms with Crippen molar-refractivity contribution in [2.45, 2.75) is 26.2 Å². The topological polar surface area (TPSA) is 58.5 Å². The second-order valence-electron chi connectivity index (χ2n) is 6.84. The van der Waals surface area contributed by atoms with Crippen LogP contribution in [-0.4, -0.2) is 24.5 Å². The van der Waals surface area contributed by atoms with Gasteiger partial charge in [0.1, 0.15) is 5.15 Å². The number of aromatic nitrogens is 1. The van der Waals surface area contributed by atoms with E-state index in [1.165, 1.54) is 16.7 Å².